The largest absolute Gasteiger partial charge is 0.495 e. The van der Waals surface area contributed by atoms with Crippen molar-refractivity contribution in [2.45, 2.75) is 19.9 Å². The number of aryl methyl sites for hydroxylation is 2. The Hall–Kier alpha value is -1.97. The number of methoxy groups -OCH3 is 1. The van der Waals surface area contributed by atoms with Gasteiger partial charge in [0, 0.05) is 18.8 Å². The zero-order valence-electron chi connectivity index (χ0n) is 11.3. The molecule has 18 heavy (non-hydrogen) atoms. The first kappa shape index (κ1) is 12.5. The van der Waals surface area contributed by atoms with Gasteiger partial charge in [-0.05, 0) is 31.5 Å². The van der Waals surface area contributed by atoms with Crippen LogP contribution in [0.1, 0.15) is 24.1 Å². The normalized spacial score (nSPS) is 12.2. The summed E-state index contributed by atoms with van der Waals surface area (Å²) in [6, 6.07) is 6.30. The first-order valence-corrected chi connectivity index (χ1v) is 6.00. The molecule has 0 spiro atoms. The number of hydrogen-bond donors (Lipinski definition) is 1. The summed E-state index contributed by atoms with van der Waals surface area (Å²) in [4.78, 5) is 0. The molecular formula is C14H19N3O. The Morgan fingerprint density at radius 1 is 1.39 bits per heavy atom. The van der Waals surface area contributed by atoms with E-state index in [1.54, 1.807) is 11.8 Å². The molecule has 1 aromatic carbocycles. The van der Waals surface area contributed by atoms with Gasteiger partial charge in [-0.15, -0.1) is 0 Å². The van der Waals surface area contributed by atoms with Crippen molar-refractivity contribution in [3.05, 3.63) is 41.7 Å². The third-order valence-electron chi connectivity index (χ3n) is 2.95. The molecule has 0 aliphatic rings. The Kier molecular flexibility index (Phi) is 3.55. The van der Waals surface area contributed by atoms with Crippen LogP contribution in [-0.4, -0.2) is 16.9 Å². The topological polar surface area (TPSA) is 39.1 Å². The van der Waals surface area contributed by atoms with E-state index >= 15 is 0 Å². The molecule has 0 fully saturated rings. The molecule has 0 saturated carbocycles. The van der Waals surface area contributed by atoms with E-state index in [1.807, 2.05) is 31.6 Å². The van der Waals surface area contributed by atoms with Gasteiger partial charge in [0.05, 0.1) is 25.0 Å². The zero-order chi connectivity index (χ0) is 13.1. The van der Waals surface area contributed by atoms with E-state index in [2.05, 4.69) is 30.3 Å². The lowest BCUT2D eigenvalue weighted by molar-refractivity contribution is 0.416. The second-order valence-corrected chi connectivity index (χ2v) is 4.52. The van der Waals surface area contributed by atoms with Gasteiger partial charge < -0.3 is 10.1 Å². The molecule has 1 N–H and O–H groups in total. The van der Waals surface area contributed by atoms with E-state index in [0.717, 1.165) is 17.0 Å². The van der Waals surface area contributed by atoms with Crippen molar-refractivity contribution in [2.24, 2.45) is 7.05 Å². The van der Waals surface area contributed by atoms with Gasteiger partial charge in [-0.3, -0.25) is 4.68 Å². The third-order valence-corrected chi connectivity index (χ3v) is 2.95. The number of nitrogens with zero attached hydrogens (tertiary/aromatic N) is 2. The fourth-order valence-corrected chi connectivity index (χ4v) is 1.91. The van der Waals surface area contributed by atoms with Crippen LogP contribution in [0, 0.1) is 6.92 Å². The third kappa shape index (κ3) is 2.64. The highest BCUT2D eigenvalue weighted by Gasteiger charge is 2.10. The second kappa shape index (κ2) is 5.12. The van der Waals surface area contributed by atoms with Gasteiger partial charge >= 0.3 is 0 Å². The Bertz CT molecular complexity index is 534. The number of nitrogens with one attached hydrogen (secondary N) is 1. The van der Waals surface area contributed by atoms with Crippen LogP contribution in [0.4, 0.5) is 5.69 Å². The van der Waals surface area contributed by atoms with E-state index in [1.165, 1.54) is 5.56 Å². The van der Waals surface area contributed by atoms with Gasteiger partial charge in [-0.2, -0.15) is 5.10 Å². The summed E-state index contributed by atoms with van der Waals surface area (Å²) in [5.41, 5.74) is 3.37. The molecule has 2 rings (SSSR count). The highest BCUT2D eigenvalue weighted by Crippen LogP contribution is 2.28. The molecular weight excluding hydrogens is 226 g/mol. The van der Waals surface area contributed by atoms with E-state index < -0.39 is 0 Å². The van der Waals surface area contributed by atoms with Crippen LogP contribution in [0.2, 0.25) is 0 Å². The van der Waals surface area contributed by atoms with Crippen molar-refractivity contribution in [3.8, 4) is 5.75 Å². The maximum atomic E-state index is 5.36. The molecule has 0 bridgehead atoms. The van der Waals surface area contributed by atoms with Crippen molar-refractivity contribution >= 4 is 5.69 Å². The minimum absolute atomic E-state index is 0.189. The van der Waals surface area contributed by atoms with Crippen molar-refractivity contribution in [1.82, 2.24) is 9.78 Å². The summed E-state index contributed by atoms with van der Waals surface area (Å²) >= 11 is 0. The molecule has 0 saturated heterocycles. The lowest BCUT2D eigenvalue weighted by Gasteiger charge is -2.17. The van der Waals surface area contributed by atoms with Crippen LogP contribution in [0.3, 0.4) is 0 Å². The summed E-state index contributed by atoms with van der Waals surface area (Å²) in [6.07, 6.45) is 3.89. The molecule has 1 heterocycles. The number of hydrogen-bond acceptors (Lipinski definition) is 3. The number of benzene rings is 1. The Labute approximate surface area is 108 Å². The first-order chi connectivity index (χ1) is 8.60. The van der Waals surface area contributed by atoms with Crippen LogP contribution in [0.25, 0.3) is 0 Å². The molecule has 2 aromatic rings. The van der Waals surface area contributed by atoms with Crippen LogP contribution in [-0.2, 0) is 7.05 Å². The van der Waals surface area contributed by atoms with Gasteiger partial charge in [0.25, 0.3) is 0 Å². The molecule has 4 nitrogen and oxygen atoms in total. The minimum Gasteiger partial charge on any atom is -0.495 e. The van der Waals surface area contributed by atoms with Crippen LogP contribution >= 0.6 is 0 Å². The predicted molar refractivity (Wildman–Crippen MR) is 73.0 cm³/mol. The summed E-state index contributed by atoms with van der Waals surface area (Å²) in [7, 11) is 3.61. The van der Waals surface area contributed by atoms with E-state index in [4.69, 9.17) is 4.74 Å². The molecule has 0 aliphatic heterocycles. The van der Waals surface area contributed by atoms with Gasteiger partial charge in [0.15, 0.2) is 0 Å². The van der Waals surface area contributed by atoms with Crippen LogP contribution in [0.15, 0.2) is 30.6 Å². The summed E-state index contributed by atoms with van der Waals surface area (Å²) in [6.45, 7) is 4.18. The Balaban J connectivity index is 2.20. The Morgan fingerprint density at radius 3 is 2.78 bits per heavy atom. The van der Waals surface area contributed by atoms with Crippen LogP contribution < -0.4 is 10.1 Å². The summed E-state index contributed by atoms with van der Waals surface area (Å²) < 4.78 is 7.17. The van der Waals surface area contributed by atoms with Crippen LogP contribution in [0.5, 0.6) is 5.75 Å². The van der Waals surface area contributed by atoms with E-state index in [9.17, 15) is 0 Å². The monoisotopic (exact) mass is 245 g/mol. The van der Waals surface area contributed by atoms with Gasteiger partial charge in [-0.25, -0.2) is 0 Å². The minimum atomic E-state index is 0.189. The number of anilines is 1. The smallest absolute Gasteiger partial charge is 0.141 e. The van der Waals surface area contributed by atoms with Crippen molar-refractivity contribution in [1.29, 1.82) is 0 Å². The highest BCUT2D eigenvalue weighted by atomic mass is 16.5. The highest BCUT2D eigenvalue weighted by molar-refractivity contribution is 5.58. The standard InChI is InChI=1S/C14H19N3O/c1-10-5-6-14(18-4)13(7-10)16-11(2)12-8-15-17(3)9-12/h5-9,11,16H,1-4H3. The average Bonchev–Trinajstić information content (AvgIpc) is 2.76. The molecule has 0 aliphatic carbocycles. The van der Waals surface area contributed by atoms with Gasteiger partial charge in [0.2, 0.25) is 0 Å². The molecule has 1 atom stereocenters. The molecule has 1 aromatic heterocycles. The SMILES string of the molecule is COc1ccc(C)cc1NC(C)c1cnn(C)c1. The van der Waals surface area contributed by atoms with Gasteiger partial charge in [-0.1, -0.05) is 6.07 Å². The zero-order valence-corrected chi connectivity index (χ0v) is 11.3. The molecule has 4 heteroatoms. The maximum absolute atomic E-state index is 5.36. The quantitative estimate of drug-likeness (QED) is 0.900. The van der Waals surface area contributed by atoms with Crippen molar-refractivity contribution in [3.63, 3.8) is 0 Å². The maximum Gasteiger partial charge on any atom is 0.141 e. The molecule has 0 radical (unpaired) electrons. The molecule has 96 valence electrons. The molecule has 0 amide bonds. The lowest BCUT2D eigenvalue weighted by Crippen LogP contribution is -2.07. The second-order valence-electron chi connectivity index (χ2n) is 4.52. The van der Waals surface area contributed by atoms with Gasteiger partial charge in [0.1, 0.15) is 5.75 Å². The van der Waals surface area contributed by atoms with Crippen molar-refractivity contribution < 1.29 is 4.74 Å². The lowest BCUT2D eigenvalue weighted by atomic mass is 10.1. The average molecular weight is 245 g/mol. The summed E-state index contributed by atoms with van der Waals surface area (Å²) in [5.74, 6) is 0.858. The van der Waals surface area contributed by atoms with E-state index in [0.29, 0.717) is 0 Å². The fraction of sp³-hybridized carbons (Fsp3) is 0.357. The predicted octanol–water partition coefficient (Wildman–Crippen LogP) is 2.91. The fourth-order valence-electron chi connectivity index (χ4n) is 1.91. The summed E-state index contributed by atoms with van der Waals surface area (Å²) in [5, 5.41) is 7.64. The molecule has 1 unspecified atom stereocenters. The Morgan fingerprint density at radius 2 is 2.17 bits per heavy atom. The number of rotatable bonds is 4. The van der Waals surface area contributed by atoms with E-state index in [-0.39, 0.29) is 6.04 Å². The number of aromatic nitrogens is 2. The first-order valence-electron chi connectivity index (χ1n) is 6.00. The van der Waals surface area contributed by atoms with Crippen molar-refractivity contribution in [2.75, 3.05) is 12.4 Å². The number of ether oxygens (including phenoxy) is 1.